The fourth-order valence-corrected chi connectivity index (χ4v) is 3.09. The van der Waals surface area contributed by atoms with E-state index in [1.54, 1.807) is 24.5 Å². The molecule has 2 aromatic rings. The number of nitrogens with one attached hydrogen (secondary N) is 1. The number of benzene rings is 1. The number of pyridine rings is 1. The number of phenolic OH excluding ortho intramolecular Hbond substituents is 1. The Morgan fingerprint density at radius 2 is 1.76 bits per heavy atom. The van der Waals surface area contributed by atoms with Crippen LogP contribution in [0.3, 0.4) is 0 Å². The second kappa shape index (κ2) is 7.88. The number of rotatable bonds is 4. The number of aromatic hydroxyl groups is 1. The quantitative estimate of drug-likeness (QED) is 0.898. The van der Waals surface area contributed by atoms with E-state index in [1.807, 2.05) is 36.1 Å². The molecule has 0 aliphatic carbocycles. The molecule has 1 unspecified atom stereocenters. The van der Waals surface area contributed by atoms with E-state index in [0.29, 0.717) is 13.1 Å². The molecule has 6 nitrogen and oxygen atoms in total. The van der Waals surface area contributed by atoms with Gasteiger partial charge in [-0.1, -0.05) is 19.1 Å². The molecule has 1 aliphatic heterocycles. The van der Waals surface area contributed by atoms with Gasteiger partial charge >= 0.3 is 6.03 Å². The number of hydrogen-bond donors (Lipinski definition) is 2. The van der Waals surface area contributed by atoms with Crippen molar-refractivity contribution in [2.24, 2.45) is 0 Å². The number of nitrogens with zero attached hydrogens (tertiary/aromatic N) is 3. The van der Waals surface area contributed by atoms with Crippen LogP contribution in [0.15, 0.2) is 48.8 Å². The fourth-order valence-electron chi connectivity index (χ4n) is 3.09. The van der Waals surface area contributed by atoms with Crippen LogP contribution in [0.1, 0.15) is 24.9 Å². The zero-order chi connectivity index (χ0) is 17.6. The van der Waals surface area contributed by atoms with Crippen LogP contribution in [-0.4, -0.2) is 47.2 Å². The summed E-state index contributed by atoms with van der Waals surface area (Å²) in [5, 5.41) is 12.5. The van der Waals surface area contributed by atoms with E-state index >= 15 is 0 Å². The van der Waals surface area contributed by atoms with Gasteiger partial charge in [-0.25, -0.2) is 4.79 Å². The van der Waals surface area contributed by atoms with Gasteiger partial charge in [-0.3, -0.25) is 4.98 Å². The summed E-state index contributed by atoms with van der Waals surface area (Å²) < 4.78 is 0. The van der Waals surface area contributed by atoms with Crippen molar-refractivity contribution >= 4 is 11.7 Å². The third-order valence-electron chi connectivity index (χ3n) is 4.60. The molecule has 0 spiro atoms. The van der Waals surface area contributed by atoms with Gasteiger partial charge in [-0.2, -0.15) is 0 Å². The molecule has 6 heteroatoms. The van der Waals surface area contributed by atoms with Crippen molar-refractivity contribution < 1.29 is 9.90 Å². The number of anilines is 1. The van der Waals surface area contributed by atoms with E-state index in [9.17, 15) is 9.90 Å². The third-order valence-corrected chi connectivity index (χ3v) is 4.60. The molecule has 1 aromatic heterocycles. The van der Waals surface area contributed by atoms with Crippen LogP contribution in [0, 0.1) is 0 Å². The zero-order valence-corrected chi connectivity index (χ0v) is 14.4. The normalized spacial score (nSPS) is 15.7. The summed E-state index contributed by atoms with van der Waals surface area (Å²) in [4.78, 5) is 20.8. The first kappa shape index (κ1) is 17.1. The third kappa shape index (κ3) is 4.21. The molecule has 1 aliphatic rings. The first-order valence-electron chi connectivity index (χ1n) is 8.66. The molecule has 3 rings (SSSR count). The highest BCUT2D eigenvalue weighted by Crippen LogP contribution is 2.20. The number of hydrogen-bond acceptors (Lipinski definition) is 4. The maximum atomic E-state index is 12.6. The van der Waals surface area contributed by atoms with Crippen molar-refractivity contribution in [2.45, 2.75) is 19.4 Å². The Hall–Kier alpha value is -2.76. The number of aromatic nitrogens is 1. The Morgan fingerprint density at radius 3 is 2.36 bits per heavy atom. The molecular formula is C19H24N4O2. The minimum absolute atomic E-state index is 0.0331. The molecule has 1 atom stereocenters. The van der Waals surface area contributed by atoms with Gasteiger partial charge in [0, 0.05) is 44.3 Å². The molecule has 25 heavy (non-hydrogen) atoms. The first-order valence-corrected chi connectivity index (χ1v) is 8.66. The molecular weight excluding hydrogens is 316 g/mol. The molecule has 1 fully saturated rings. The lowest BCUT2D eigenvalue weighted by Crippen LogP contribution is -2.52. The van der Waals surface area contributed by atoms with Gasteiger partial charge in [-0.05, 0) is 36.2 Å². The standard InChI is InChI=1S/C19H24N4O2/c1-2-18(15-3-5-17(24)6-4-15)21-19(25)23-13-11-22(12-14-23)16-7-9-20-10-8-16/h3-10,18,24H,2,11-14H2,1H3,(H,21,25). The van der Waals surface area contributed by atoms with Gasteiger partial charge in [-0.15, -0.1) is 0 Å². The van der Waals surface area contributed by atoms with Gasteiger partial charge in [0.2, 0.25) is 0 Å². The molecule has 2 heterocycles. The van der Waals surface area contributed by atoms with Crippen LogP contribution >= 0.6 is 0 Å². The van der Waals surface area contributed by atoms with Crippen molar-refractivity contribution in [2.75, 3.05) is 31.1 Å². The summed E-state index contributed by atoms with van der Waals surface area (Å²) in [5.41, 5.74) is 2.15. The number of amides is 2. The molecule has 0 saturated carbocycles. The Labute approximate surface area is 148 Å². The van der Waals surface area contributed by atoms with Gasteiger partial charge in [0.1, 0.15) is 5.75 Å². The average molecular weight is 340 g/mol. The predicted molar refractivity (Wildman–Crippen MR) is 97.7 cm³/mol. The molecule has 132 valence electrons. The van der Waals surface area contributed by atoms with Crippen molar-refractivity contribution in [1.29, 1.82) is 0 Å². The highest BCUT2D eigenvalue weighted by molar-refractivity contribution is 5.75. The second-order valence-corrected chi connectivity index (χ2v) is 6.18. The fraction of sp³-hybridized carbons (Fsp3) is 0.368. The van der Waals surface area contributed by atoms with Crippen molar-refractivity contribution in [1.82, 2.24) is 15.2 Å². The van der Waals surface area contributed by atoms with Crippen LogP contribution in [0.25, 0.3) is 0 Å². The SMILES string of the molecule is CCC(NC(=O)N1CCN(c2ccncc2)CC1)c1ccc(O)cc1. The van der Waals surface area contributed by atoms with Gasteiger partial charge in [0.15, 0.2) is 0 Å². The lowest BCUT2D eigenvalue weighted by Gasteiger charge is -2.36. The van der Waals surface area contributed by atoms with Gasteiger partial charge in [0.05, 0.1) is 6.04 Å². The van der Waals surface area contributed by atoms with E-state index in [0.717, 1.165) is 30.8 Å². The Morgan fingerprint density at radius 1 is 1.12 bits per heavy atom. The highest BCUT2D eigenvalue weighted by Gasteiger charge is 2.23. The Bertz CT molecular complexity index is 682. The summed E-state index contributed by atoms with van der Waals surface area (Å²) in [5.74, 6) is 0.233. The summed E-state index contributed by atoms with van der Waals surface area (Å²) in [7, 11) is 0. The first-order chi connectivity index (χ1) is 12.2. The number of carbonyl (C=O) groups is 1. The van der Waals surface area contributed by atoms with Crippen molar-refractivity contribution in [3.8, 4) is 5.75 Å². The molecule has 1 aromatic carbocycles. The lowest BCUT2D eigenvalue weighted by molar-refractivity contribution is 0.190. The van der Waals surface area contributed by atoms with Crippen LogP contribution in [0.5, 0.6) is 5.75 Å². The van der Waals surface area contributed by atoms with E-state index in [-0.39, 0.29) is 17.8 Å². The molecule has 1 saturated heterocycles. The number of urea groups is 1. The number of piperazine rings is 1. The highest BCUT2D eigenvalue weighted by atomic mass is 16.3. The van der Waals surface area contributed by atoms with E-state index < -0.39 is 0 Å². The minimum Gasteiger partial charge on any atom is -0.508 e. The summed E-state index contributed by atoms with van der Waals surface area (Å²) >= 11 is 0. The van der Waals surface area contributed by atoms with Gasteiger partial charge < -0.3 is 20.2 Å². The minimum atomic E-state index is -0.0497. The Balaban J connectivity index is 1.56. The number of carbonyl (C=O) groups excluding carboxylic acids is 1. The molecule has 2 amide bonds. The summed E-state index contributed by atoms with van der Waals surface area (Å²) in [6.45, 7) is 5.06. The van der Waals surface area contributed by atoms with E-state index in [1.165, 1.54) is 0 Å². The smallest absolute Gasteiger partial charge is 0.318 e. The van der Waals surface area contributed by atoms with Crippen LogP contribution in [-0.2, 0) is 0 Å². The molecule has 2 N–H and O–H groups in total. The predicted octanol–water partition coefficient (Wildman–Crippen LogP) is 2.77. The second-order valence-electron chi connectivity index (χ2n) is 6.18. The topological polar surface area (TPSA) is 68.7 Å². The summed E-state index contributed by atoms with van der Waals surface area (Å²) in [6.07, 6.45) is 4.38. The van der Waals surface area contributed by atoms with Crippen LogP contribution in [0.4, 0.5) is 10.5 Å². The lowest BCUT2D eigenvalue weighted by atomic mass is 10.0. The molecule has 0 radical (unpaired) electrons. The van der Waals surface area contributed by atoms with Gasteiger partial charge in [0.25, 0.3) is 0 Å². The average Bonchev–Trinajstić information content (AvgIpc) is 2.67. The van der Waals surface area contributed by atoms with Crippen molar-refractivity contribution in [3.05, 3.63) is 54.4 Å². The molecule has 0 bridgehead atoms. The maximum Gasteiger partial charge on any atom is 0.318 e. The monoisotopic (exact) mass is 340 g/mol. The van der Waals surface area contributed by atoms with E-state index in [2.05, 4.69) is 15.2 Å². The Kier molecular flexibility index (Phi) is 5.38. The van der Waals surface area contributed by atoms with Crippen LogP contribution in [0.2, 0.25) is 0 Å². The largest absolute Gasteiger partial charge is 0.508 e. The zero-order valence-electron chi connectivity index (χ0n) is 14.4. The van der Waals surface area contributed by atoms with E-state index in [4.69, 9.17) is 0 Å². The van der Waals surface area contributed by atoms with Crippen molar-refractivity contribution in [3.63, 3.8) is 0 Å². The summed E-state index contributed by atoms with van der Waals surface area (Å²) in [6, 6.07) is 10.9. The maximum absolute atomic E-state index is 12.6. The number of phenols is 1. The van der Waals surface area contributed by atoms with Crippen LogP contribution < -0.4 is 10.2 Å².